The Kier molecular flexibility index (Phi) is 2.00. The van der Waals surface area contributed by atoms with Gasteiger partial charge < -0.3 is 14.6 Å². The molecule has 16 heavy (non-hydrogen) atoms. The van der Waals surface area contributed by atoms with E-state index >= 15 is 0 Å². The van der Waals surface area contributed by atoms with Gasteiger partial charge in [-0.1, -0.05) is 0 Å². The zero-order valence-electron chi connectivity index (χ0n) is 8.20. The normalized spacial score (nSPS) is 36.1. The highest BCUT2D eigenvalue weighted by atomic mass is 16.7. The SMILES string of the molecule is O=c1ccn([C@@H]2O[C@@H](CO)[C@@H]3O[C@@H]32)c(=O)[nH]1. The van der Waals surface area contributed by atoms with Crippen LogP contribution in [0.5, 0.6) is 0 Å². The van der Waals surface area contributed by atoms with Crippen LogP contribution < -0.4 is 11.2 Å². The quantitative estimate of drug-likeness (QED) is 0.579. The molecule has 1 aromatic heterocycles. The molecule has 0 unspecified atom stereocenters. The van der Waals surface area contributed by atoms with Crippen LogP contribution in [-0.4, -0.2) is 39.6 Å². The molecule has 2 N–H and O–H groups in total. The minimum atomic E-state index is -0.563. The Labute approximate surface area is 89.2 Å². The number of epoxide rings is 1. The first-order valence-corrected chi connectivity index (χ1v) is 4.94. The van der Waals surface area contributed by atoms with Crippen LogP contribution in [0.1, 0.15) is 6.23 Å². The molecule has 86 valence electrons. The molecular formula is C9H10N2O5. The van der Waals surface area contributed by atoms with Gasteiger partial charge in [0.15, 0.2) is 6.23 Å². The van der Waals surface area contributed by atoms with E-state index in [0.717, 1.165) is 0 Å². The Hall–Kier alpha value is -1.44. The second-order valence-electron chi connectivity index (χ2n) is 3.83. The summed E-state index contributed by atoms with van der Waals surface area (Å²) in [6, 6.07) is 1.24. The first-order chi connectivity index (χ1) is 7.70. The van der Waals surface area contributed by atoms with Gasteiger partial charge in [-0.2, -0.15) is 0 Å². The first kappa shape index (κ1) is 9.76. The minimum Gasteiger partial charge on any atom is -0.394 e. The summed E-state index contributed by atoms with van der Waals surface area (Å²) in [6.07, 6.45) is 0.0551. The van der Waals surface area contributed by atoms with Crippen molar-refractivity contribution < 1.29 is 14.6 Å². The Balaban J connectivity index is 1.94. The molecule has 0 saturated carbocycles. The molecule has 1 aromatic rings. The summed E-state index contributed by atoms with van der Waals surface area (Å²) < 4.78 is 12.0. The lowest BCUT2D eigenvalue weighted by Crippen LogP contribution is -2.34. The van der Waals surface area contributed by atoms with E-state index in [4.69, 9.17) is 14.6 Å². The van der Waals surface area contributed by atoms with Crippen LogP contribution in [0, 0.1) is 0 Å². The van der Waals surface area contributed by atoms with Crippen molar-refractivity contribution in [2.75, 3.05) is 6.61 Å². The minimum absolute atomic E-state index is 0.143. The molecule has 7 nitrogen and oxygen atoms in total. The Bertz CT molecular complexity index is 521. The van der Waals surface area contributed by atoms with Crippen LogP contribution in [-0.2, 0) is 9.47 Å². The molecule has 0 aliphatic carbocycles. The summed E-state index contributed by atoms with van der Waals surface area (Å²) in [7, 11) is 0. The molecule has 2 aliphatic rings. The van der Waals surface area contributed by atoms with E-state index in [0.29, 0.717) is 0 Å². The fraction of sp³-hybridized carbons (Fsp3) is 0.556. The number of aromatic amines is 1. The molecule has 3 rings (SSSR count). The van der Waals surface area contributed by atoms with Gasteiger partial charge in [0.05, 0.1) is 6.61 Å². The van der Waals surface area contributed by atoms with Crippen molar-refractivity contribution in [3.8, 4) is 0 Å². The van der Waals surface area contributed by atoms with Crippen molar-refractivity contribution in [1.82, 2.24) is 9.55 Å². The van der Waals surface area contributed by atoms with E-state index in [-0.39, 0.29) is 18.8 Å². The molecule has 7 heteroatoms. The van der Waals surface area contributed by atoms with Gasteiger partial charge in [0.1, 0.15) is 18.3 Å². The fourth-order valence-corrected chi connectivity index (χ4v) is 2.00. The van der Waals surface area contributed by atoms with Crippen molar-refractivity contribution in [2.24, 2.45) is 0 Å². The highest BCUT2D eigenvalue weighted by Gasteiger charge is 2.58. The second-order valence-corrected chi connectivity index (χ2v) is 3.83. The predicted molar refractivity (Wildman–Crippen MR) is 51.0 cm³/mol. The fourth-order valence-electron chi connectivity index (χ4n) is 2.00. The molecule has 2 saturated heterocycles. The summed E-state index contributed by atoms with van der Waals surface area (Å²) >= 11 is 0. The van der Waals surface area contributed by atoms with E-state index < -0.39 is 23.6 Å². The van der Waals surface area contributed by atoms with E-state index in [1.54, 1.807) is 0 Å². The topological polar surface area (TPSA) is 96.8 Å². The van der Waals surface area contributed by atoms with Crippen molar-refractivity contribution in [3.05, 3.63) is 33.1 Å². The number of aliphatic hydroxyl groups excluding tert-OH is 1. The van der Waals surface area contributed by atoms with Crippen LogP contribution in [0.3, 0.4) is 0 Å². The lowest BCUT2D eigenvalue weighted by molar-refractivity contribution is -0.0856. The van der Waals surface area contributed by atoms with E-state index in [2.05, 4.69) is 4.98 Å². The molecule has 0 spiro atoms. The summed E-state index contributed by atoms with van der Waals surface area (Å²) in [5.41, 5.74) is -0.989. The Morgan fingerprint density at radius 1 is 1.38 bits per heavy atom. The second kappa shape index (κ2) is 3.27. The lowest BCUT2D eigenvalue weighted by atomic mass is 10.2. The largest absolute Gasteiger partial charge is 0.394 e. The highest BCUT2D eigenvalue weighted by molar-refractivity contribution is 5.02. The third kappa shape index (κ3) is 1.33. The number of ether oxygens (including phenoxy) is 2. The number of aliphatic hydroxyl groups is 1. The third-order valence-corrected chi connectivity index (χ3v) is 2.83. The van der Waals surface area contributed by atoms with Crippen molar-refractivity contribution in [3.63, 3.8) is 0 Å². The Morgan fingerprint density at radius 2 is 2.19 bits per heavy atom. The number of nitrogens with zero attached hydrogens (tertiary/aromatic N) is 1. The number of nitrogens with one attached hydrogen (secondary N) is 1. The zero-order valence-corrected chi connectivity index (χ0v) is 8.20. The van der Waals surface area contributed by atoms with E-state index in [9.17, 15) is 9.59 Å². The summed E-state index contributed by atoms with van der Waals surface area (Å²) in [5.74, 6) is 0. The van der Waals surface area contributed by atoms with Crippen LogP contribution >= 0.6 is 0 Å². The molecule has 0 aromatic carbocycles. The summed E-state index contributed by atoms with van der Waals surface area (Å²) in [5, 5.41) is 8.99. The zero-order chi connectivity index (χ0) is 11.3. The van der Waals surface area contributed by atoms with E-state index in [1.165, 1.54) is 16.8 Å². The number of fused-ring (bicyclic) bond motifs is 1. The Morgan fingerprint density at radius 3 is 2.81 bits per heavy atom. The number of aromatic nitrogens is 2. The van der Waals surface area contributed by atoms with Gasteiger partial charge in [-0.3, -0.25) is 14.3 Å². The summed E-state index contributed by atoms with van der Waals surface area (Å²) in [6.45, 7) is -0.143. The highest BCUT2D eigenvalue weighted by Crippen LogP contribution is 2.43. The van der Waals surface area contributed by atoms with Crippen molar-refractivity contribution in [2.45, 2.75) is 24.5 Å². The maximum Gasteiger partial charge on any atom is 0.330 e. The summed E-state index contributed by atoms with van der Waals surface area (Å²) in [4.78, 5) is 24.5. The van der Waals surface area contributed by atoms with Crippen LogP contribution in [0.4, 0.5) is 0 Å². The molecule has 0 radical (unpaired) electrons. The maximum atomic E-state index is 11.5. The molecule has 2 fully saturated rings. The first-order valence-electron chi connectivity index (χ1n) is 4.94. The monoisotopic (exact) mass is 226 g/mol. The molecule has 3 heterocycles. The average molecular weight is 226 g/mol. The standard InChI is InChI=1S/C9H10N2O5/c12-3-4-6-7(16-6)8(15-4)11-2-1-5(13)10-9(11)14/h1-2,4,6-8,12H,3H2,(H,10,13,14)/t4-,6-,7-,8+/m0/s1. The van der Waals surface area contributed by atoms with Gasteiger partial charge in [0.2, 0.25) is 0 Å². The van der Waals surface area contributed by atoms with Gasteiger partial charge in [-0.05, 0) is 0 Å². The molecule has 0 amide bonds. The van der Waals surface area contributed by atoms with Gasteiger partial charge in [0.25, 0.3) is 5.56 Å². The van der Waals surface area contributed by atoms with Crippen molar-refractivity contribution in [1.29, 1.82) is 0 Å². The van der Waals surface area contributed by atoms with Crippen LogP contribution in [0.25, 0.3) is 0 Å². The molecule has 0 bridgehead atoms. The van der Waals surface area contributed by atoms with Gasteiger partial charge in [0, 0.05) is 12.3 Å². The number of H-pyrrole nitrogens is 1. The number of hydrogen-bond donors (Lipinski definition) is 2. The number of hydrogen-bond acceptors (Lipinski definition) is 5. The predicted octanol–water partition coefficient (Wildman–Crippen LogP) is -1.81. The van der Waals surface area contributed by atoms with E-state index in [1.807, 2.05) is 0 Å². The smallest absolute Gasteiger partial charge is 0.330 e. The van der Waals surface area contributed by atoms with Crippen LogP contribution in [0.2, 0.25) is 0 Å². The third-order valence-electron chi connectivity index (χ3n) is 2.83. The average Bonchev–Trinajstić information content (AvgIpc) is 2.96. The van der Waals surface area contributed by atoms with Gasteiger partial charge in [-0.15, -0.1) is 0 Å². The number of rotatable bonds is 2. The molecule has 2 aliphatic heterocycles. The lowest BCUT2D eigenvalue weighted by Gasteiger charge is -2.17. The maximum absolute atomic E-state index is 11.5. The van der Waals surface area contributed by atoms with Gasteiger partial charge in [-0.25, -0.2) is 4.79 Å². The molecular weight excluding hydrogens is 216 g/mol. The van der Waals surface area contributed by atoms with Gasteiger partial charge >= 0.3 is 5.69 Å². The van der Waals surface area contributed by atoms with Crippen LogP contribution in [0.15, 0.2) is 21.9 Å². The molecule has 4 atom stereocenters. The van der Waals surface area contributed by atoms with Crippen molar-refractivity contribution >= 4 is 0 Å².